The lowest BCUT2D eigenvalue weighted by molar-refractivity contribution is -0.124. The van der Waals surface area contributed by atoms with E-state index in [2.05, 4.69) is 26.6 Å². The van der Waals surface area contributed by atoms with Crippen molar-refractivity contribution >= 4 is 39.2 Å². The van der Waals surface area contributed by atoms with Crippen LogP contribution < -0.4 is 10.6 Å². The number of ketones is 1. The van der Waals surface area contributed by atoms with Gasteiger partial charge in [-0.3, -0.25) is 14.4 Å². The summed E-state index contributed by atoms with van der Waals surface area (Å²) in [6, 6.07) is 11.0. The number of carbonyl (C=O) groups excluding carboxylic acids is 3. The van der Waals surface area contributed by atoms with Gasteiger partial charge in [0.1, 0.15) is 0 Å². The summed E-state index contributed by atoms with van der Waals surface area (Å²) in [6.07, 6.45) is 0.165. The van der Waals surface area contributed by atoms with Gasteiger partial charge in [0.25, 0.3) is 0 Å². The number of amides is 2. The molecule has 0 unspecified atom stereocenters. The van der Waals surface area contributed by atoms with Crippen molar-refractivity contribution < 1.29 is 14.4 Å². The van der Waals surface area contributed by atoms with E-state index in [-0.39, 0.29) is 37.0 Å². The van der Waals surface area contributed by atoms with Crippen LogP contribution in [0, 0.1) is 20.8 Å². The summed E-state index contributed by atoms with van der Waals surface area (Å²) in [6.45, 7) is 5.69. The number of hydrogen-bond acceptors (Lipinski definition) is 3. The quantitative estimate of drug-likeness (QED) is 0.649. The zero-order valence-electron chi connectivity index (χ0n) is 15.7. The summed E-state index contributed by atoms with van der Waals surface area (Å²) < 4.78 is 0.930. The second-order valence-corrected chi connectivity index (χ2v) is 7.42. The third kappa shape index (κ3) is 6.32. The number of rotatable bonds is 7. The van der Waals surface area contributed by atoms with Crippen LogP contribution in [0.1, 0.15) is 39.9 Å². The molecule has 6 heteroatoms. The molecule has 0 saturated carbocycles. The van der Waals surface area contributed by atoms with Gasteiger partial charge in [0, 0.05) is 28.6 Å². The number of benzene rings is 2. The SMILES string of the molecule is Cc1ccc(C(=O)CCC(=O)NCC(=O)Nc2ccc(Br)cc2C)cc1C. The third-order valence-electron chi connectivity index (χ3n) is 4.32. The minimum Gasteiger partial charge on any atom is -0.347 e. The number of hydrogen-bond donors (Lipinski definition) is 2. The van der Waals surface area contributed by atoms with E-state index in [4.69, 9.17) is 0 Å². The van der Waals surface area contributed by atoms with Gasteiger partial charge in [0.2, 0.25) is 11.8 Å². The van der Waals surface area contributed by atoms with Gasteiger partial charge in [-0.15, -0.1) is 0 Å². The average Bonchev–Trinajstić information content (AvgIpc) is 2.62. The molecule has 2 aromatic rings. The van der Waals surface area contributed by atoms with Crippen LogP contribution in [0.4, 0.5) is 5.69 Å². The number of nitrogens with one attached hydrogen (secondary N) is 2. The summed E-state index contributed by atoms with van der Waals surface area (Å²) in [4.78, 5) is 36.1. The highest BCUT2D eigenvalue weighted by molar-refractivity contribution is 9.10. The molecule has 0 aliphatic heterocycles. The van der Waals surface area contributed by atoms with E-state index in [0.29, 0.717) is 11.3 Å². The molecule has 0 radical (unpaired) electrons. The molecule has 2 amide bonds. The predicted octanol–water partition coefficient (Wildman–Crippen LogP) is 4.09. The molecule has 142 valence electrons. The van der Waals surface area contributed by atoms with Crippen molar-refractivity contribution in [1.29, 1.82) is 0 Å². The highest BCUT2D eigenvalue weighted by atomic mass is 79.9. The molecule has 0 aromatic heterocycles. The Kier molecular flexibility index (Phi) is 7.30. The van der Waals surface area contributed by atoms with E-state index < -0.39 is 0 Å². The summed E-state index contributed by atoms with van der Waals surface area (Å²) in [5.41, 5.74) is 4.39. The second kappa shape index (κ2) is 9.46. The lowest BCUT2D eigenvalue weighted by Gasteiger charge is -2.10. The Bertz CT molecular complexity index is 878. The zero-order valence-corrected chi connectivity index (χ0v) is 17.3. The molecule has 0 aliphatic rings. The van der Waals surface area contributed by atoms with Gasteiger partial charge in [0.05, 0.1) is 6.54 Å². The number of carbonyl (C=O) groups is 3. The fraction of sp³-hybridized carbons (Fsp3) is 0.286. The van der Waals surface area contributed by atoms with Crippen molar-refractivity contribution in [2.75, 3.05) is 11.9 Å². The number of aryl methyl sites for hydroxylation is 3. The molecule has 0 spiro atoms. The minimum absolute atomic E-state index is 0.0519. The van der Waals surface area contributed by atoms with E-state index in [0.717, 1.165) is 21.2 Å². The van der Waals surface area contributed by atoms with E-state index in [1.165, 1.54) is 0 Å². The van der Waals surface area contributed by atoms with Crippen molar-refractivity contribution in [2.45, 2.75) is 33.6 Å². The number of anilines is 1. The molecule has 2 aromatic carbocycles. The van der Waals surface area contributed by atoms with Crippen molar-refractivity contribution in [2.24, 2.45) is 0 Å². The van der Waals surface area contributed by atoms with Crippen LogP contribution in [-0.4, -0.2) is 24.1 Å². The maximum atomic E-state index is 12.2. The number of Topliss-reactive ketones (excluding diaryl/α,β-unsaturated/α-hetero) is 1. The first-order valence-electron chi connectivity index (χ1n) is 8.69. The van der Waals surface area contributed by atoms with Crippen LogP contribution in [-0.2, 0) is 9.59 Å². The molecular formula is C21H23BrN2O3. The van der Waals surface area contributed by atoms with Gasteiger partial charge in [-0.25, -0.2) is 0 Å². The fourth-order valence-corrected chi connectivity index (χ4v) is 2.99. The van der Waals surface area contributed by atoms with Crippen LogP contribution in [0.2, 0.25) is 0 Å². The van der Waals surface area contributed by atoms with E-state index >= 15 is 0 Å². The van der Waals surface area contributed by atoms with Crippen LogP contribution in [0.15, 0.2) is 40.9 Å². The summed E-state index contributed by atoms with van der Waals surface area (Å²) in [5.74, 6) is -0.715. The van der Waals surface area contributed by atoms with E-state index in [9.17, 15) is 14.4 Å². The van der Waals surface area contributed by atoms with E-state index in [1.807, 2.05) is 45.0 Å². The average molecular weight is 431 g/mol. The van der Waals surface area contributed by atoms with Crippen molar-refractivity contribution in [1.82, 2.24) is 5.32 Å². The van der Waals surface area contributed by atoms with Gasteiger partial charge < -0.3 is 10.6 Å². The van der Waals surface area contributed by atoms with Crippen LogP contribution in [0.5, 0.6) is 0 Å². The minimum atomic E-state index is -0.324. The fourth-order valence-electron chi connectivity index (χ4n) is 2.52. The topological polar surface area (TPSA) is 75.3 Å². The van der Waals surface area contributed by atoms with Crippen molar-refractivity contribution in [3.63, 3.8) is 0 Å². The third-order valence-corrected chi connectivity index (χ3v) is 4.81. The molecule has 0 bridgehead atoms. The molecule has 0 atom stereocenters. The number of halogens is 1. The summed E-state index contributed by atoms with van der Waals surface area (Å²) in [7, 11) is 0. The first-order chi connectivity index (χ1) is 12.8. The van der Waals surface area contributed by atoms with Gasteiger partial charge in [-0.2, -0.15) is 0 Å². The molecule has 2 N–H and O–H groups in total. The molecule has 27 heavy (non-hydrogen) atoms. The van der Waals surface area contributed by atoms with Crippen LogP contribution in [0.3, 0.4) is 0 Å². The Morgan fingerprint density at radius 1 is 0.852 bits per heavy atom. The van der Waals surface area contributed by atoms with Crippen LogP contribution in [0.25, 0.3) is 0 Å². The Morgan fingerprint density at radius 2 is 1.59 bits per heavy atom. The van der Waals surface area contributed by atoms with Crippen LogP contribution >= 0.6 is 15.9 Å². The van der Waals surface area contributed by atoms with Crippen molar-refractivity contribution in [3.05, 3.63) is 63.1 Å². The molecule has 0 fully saturated rings. The molecular weight excluding hydrogens is 408 g/mol. The zero-order chi connectivity index (χ0) is 20.0. The smallest absolute Gasteiger partial charge is 0.243 e. The highest BCUT2D eigenvalue weighted by Crippen LogP contribution is 2.19. The maximum Gasteiger partial charge on any atom is 0.243 e. The first kappa shape index (κ1) is 20.8. The lowest BCUT2D eigenvalue weighted by atomic mass is 10.0. The Hall–Kier alpha value is -2.47. The molecule has 2 rings (SSSR count). The molecule has 0 aliphatic carbocycles. The summed E-state index contributed by atoms with van der Waals surface area (Å²) in [5, 5.41) is 5.30. The maximum absolute atomic E-state index is 12.2. The standard InChI is InChI=1S/C21H23BrN2O3/c1-13-4-5-16(10-14(13)2)19(25)8-9-20(26)23-12-21(27)24-18-7-6-17(22)11-15(18)3/h4-7,10-11H,8-9,12H2,1-3H3,(H,23,26)(H,24,27). The summed E-state index contributed by atoms with van der Waals surface area (Å²) >= 11 is 3.37. The monoisotopic (exact) mass is 430 g/mol. The Balaban J connectivity index is 1.77. The van der Waals surface area contributed by atoms with Gasteiger partial charge in [-0.1, -0.05) is 28.1 Å². The largest absolute Gasteiger partial charge is 0.347 e. The van der Waals surface area contributed by atoms with Crippen molar-refractivity contribution in [3.8, 4) is 0 Å². The Morgan fingerprint density at radius 3 is 2.26 bits per heavy atom. The molecule has 0 heterocycles. The van der Waals surface area contributed by atoms with Gasteiger partial charge in [0.15, 0.2) is 5.78 Å². The lowest BCUT2D eigenvalue weighted by Crippen LogP contribution is -2.33. The highest BCUT2D eigenvalue weighted by Gasteiger charge is 2.12. The van der Waals surface area contributed by atoms with E-state index in [1.54, 1.807) is 12.1 Å². The second-order valence-electron chi connectivity index (χ2n) is 6.51. The normalized spacial score (nSPS) is 10.4. The van der Waals surface area contributed by atoms with Gasteiger partial charge >= 0.3 is 0 Å². The predicted molar refractivity (Wildman–Crippen MR) is 110 cm³/mol. The molecule has 0 saturated heterocycles. The Labute approximate surface area is 167 Å². The molecule has 5 nitrogen and oxygen atoms in total. The van der Waals surface area contributed by atoms with Gasteiger partial charge in [-0.05, 0) is 61.7 Å². The first-order valence-corrected chi connectivity index (χ1v) is 9.48.